The van der Waals surface area contributed by atoms with Crippen molar-refractivity contribution in [2.45, 2.75) is 13.5 Å². The van der Waals surface area contributed by atoms with E-state index in [1.807, 2.05) is 24.3 Å². The second kappa shape index (κ2) is 4.85. The number of benzene rings is 1. The Morgan fingerprint density at radius 3 is 2.47 bits per heavy atom. The van der Waals surface area contributed by atoms with Crippen molar-refractivity contribution in [3.63, 3.8) is 0 Å². The first kappa shape index (κ1) is 12.1. The van der Waals surface area contributed by atoms with Crippen LogP contribution in [0.25, 0.3) is 10.6 Å². The fourth-order valence-corrected chi connectivity index (χ4v) is 2.80. The molecule has 2 aromatic rings. The molecule has 0 saturated heterocycles. The molecule has 2 rings (SSSR count). The van der Waals surface area contributed by atoms with E-state index in [-0.39, 0.29) is 0 Å². The summed E-state index contributed by atoms with van der Waals surface area (Å²) in [6, 6.07) is 7.87. The number of nitrogens with two attached hydrogens (primary N) is 1. The predicted molar refractivity (Wildman–Crippen MR) is 74.1 cm³/mol. The molecule has 0 spiro atoms. The van der Waals surface area contributed by atoms with Crippen molar-refractivity contribution in [3.05, 3.63) is 34.8 Å². The number of anilines is 1. The van der Waals surface area contributed by atoms with Crippen LogP contribution in [-0.2, 0) is 6.54 Å². The van der Waals surface area contributed by atoms with E-state index < -0.39 is 0 Å². The Morgan fingerprint density at radius 2 is 1.88 bits per heavy atom. The highest BCUT2D eigenvalue weighted by Crippen LogP contribution is 2.28. The first-order valence-corrected chi connectivity index (χ1v) is 6.35. The van der Waals surface area contributed by atoms with Crippen molar-refractivity contribution in [3.8, 4) is 10.6 Å². The van der Waals surface area contributed by atoms with Gasteiger partial charge < -0.3 is 10.6 Å². The number of nitrogens with zero attached hydrogens (tertiary/aromatic N) is 2. The second-order valence-electron chi connectivity index (χ2n) is 4.39. The molecular formula is C13H17N3S. The summed E-state index contributed by atoms with van der Waals surface area (Å²) in [5.41, 5.74) is 8.73. The SMILES string of the molecule is Cc1nc(-c2ccc(N)cc2)sc1CN(C)C. The Hall–Kier alpha value is -1.39. The monoisotopic (exact) mass is 247 g/mol. The maximum Gasteiger partial charge on any atom is 0.123 e. The summed E-state index contributed by atoms with van der Waals surface area (Å²) in [7, 11) is 4.14. The third kappa shape index (κ3) is 2.84. The molecule has 4 heteroatoms. The Balaban J connectivity index is 2.31. The average molecular weight is 247 g/mol. The van der Waals surface area contributed by atoms with Gasteiger partial charge in [0.15, 0.2) is 0 Å². The average Bonchev–Trinajstić information content (AvgIpc) is 2.60. The summed E-state index contributed by atoms with van der Waals surface area (Å²) in [5, 5.41) is 1.07. The van der Waals surface area contributed by atoms with E-state index in [1.54, 1.807) is 11.3 Å². The van der Waals surface area contributed by atoms with E-state index in [2.05, 4.69) is 30.9 Å². The van der Waals surface area contributed by atoms with Crippen LogP contribution in [0.1, 0.15) is 10.6 Å². The predicted octanol–water partition coefficient (Wildman–Crippen LogP) is 2.76. The highest BCUT2D eigenvalue weighted by Gasteiger charge is 2.09. The van der Waals surface area contributed by atoms with Gasteiger partial charge in [-0.1, -0.05) is 0 Å². The molecule has 90 valence electrons. The smallest absolute Gasteiger partial charge is 0.123 e. The van der Waals surface area contributed by atoms with Crippen molar-refractivity contribution >= 4 is 17.0 Å². The van der Waals surface area contributed by atoms with Crippen LogP contribution in [0.2, 0.25) is 0 Å². The zero-order chi connectivity index (χ0) is 12.4. The van der Waals surface area contributed by atoms with Gasteiger partial charge in [0, 0.05) is 22.7 Å². The Bertz CT molecular complexity index is 500. The number of rotatable bonds is 3. The van der Waals surface area contributed by atoms with Crippen LogP contribution < -0.4 is 5.73 Å². The van der Waals surface area contributed by atoms with Crippen LogP contribution in [-0.4, -0.2) is 24.0 Å². The molecule has 0 saturated carbocycles. The first-order chi connectivity index (χ1) is 8.06. The summed E-state index contributed by atoms with van der Waals surface area (Å²) in [6.45, 7) is 3.01. The van der Waals surface area contributed by atoms with Crippen LogP contribution >= 0.6 is 11.3 Å². The van der Waals surface area contributed by atoms with Crippen LogP contribution in [0.15, 0.2) is 24.3 Å². The van der Waals surface area contributed by atoms with Crippen molar-refractivity contribution in [2.24, 2.45) is 0 Å². The maximum atomic E-state index is 5.68. The minimum Gasteiger partial charge on any atom is -0.399 e. The minimum absolute atomic E-state index is 0.788. The quantitative estimate of drug-likeness (QED) is 0.848. The van der Waals surface area contributed by atoms with Crippen LogP contribution in [0.4, 0.5) is 5.69 Å². The summed E-state index contributed by atoms with van der Waals surface area (Å²) in [4.78, 5) is 8.10. The van der Waals surface area contributed by atoms with E-state index in [9.17, 15) is 0 Å². The van der Waals surface area contributed by atoms with Gasteiger partial charge in [0.05, 0.1) is 5.69 Å². The third-order valence-corrected chi connectivity index (χ3v) is 3.70. The zero-order valence-corrected chi connectivity index (χ0v) is 11.2. The van der Waals surface area contributed by atoms with Gasteiger partial charge in [0.1, 0.15) is 5.01 Å². The third-order valence-electron chi connectivity index (χ3n) is 2.51. The molecule has 1 aromatic carbocycles. The molecule has 0 unspecified atom stereocenters. The Labute approximate surface area is 106 Å². The molecule has 0 aliphatic carbocycles. The number of thiazole rings is 1. The zero-order valence-electron chi connectivity index (χ0n) is 10.4. The van der Waals surface area contributed by atoms with Gasteiger partial charge in [-0.3, -0.25) is 0 Å². The maximum absolute atomic E-state index is 5.68. The molecule has 0 bridgehead atoms. The summed E-state index contributed by atoms with van der Waals surface area (Å²) in [6.07, 6.45) is 0. The number of hydrogen-bond acceptors (Lipinski definition) is 4. The van der Waals surface area contributed by atoms with E-state index in [0.717, 1.165) is 28.5 Å². The molecule has 17 heavy (non-hydrogen) atoms. The fraction of sp³-hybridized carbons (Fsp3) is 0.308. The van der Waals surface area contributed by atoms with Crippen molar-refractivity contribution in [1.29, 1.82) is 0 Å². The minimum atomic E-state index is 0.788. The van der Waals surface area contributed by atoms with Gasteiger partial charge in [0.2, 0.25) is 0 Å². The molecule has 2 N–H and O–H groups in total. The van der Waals surface area contributed by atoms with Gasteiger partial charge >= 0.3 is 0 Å². The van der Waals surface area contributed by atoms with Gasteiger partial charge in [-0.15, -0.1) is 11.3 Å². The number of hydrogen-bond donors (Lipinski definition) is 1. The highest BCUT2D eigenvalue weighted by molar-refractivity contribution is 7.15. The molecular weight excluding hydrogens is 230 g/mol. The lowest BCUT2D eigenvalue weighted by Gasteiger charge is -2.06. The molecule has 0 aliphatic rings. The second-order valence-corrected chi connectivity index (χ2v) is 5.47. The summed E-state index contributed by atoms with van der Waals surface area (Å²) >= 11 is 1.75. The number of nitrogen functional groups attached to an aromatic ring is 1. The molecule has 1 aromatic heterocycles. The number of aromatic nitrogens is 1. The van der Waals surface area contributed by atoms with Crippen molar-refractivity contribution < 1.29 is 0 Å². The van der Waals surface area contributed by atoms with E-state index in [1.165, 1.54) is 4.88 Å². The Kier molecular flexibility index (Phi) is 3.45. The van der Waals surface area contributed by atoms with E-state index >= 15 is 0 Å². The molecule has 0 atom stereocenters. The largest absolute Gasteiger partial charge is 0.399 e. The highest BCUT2D eigenvalue weighted by atomic mass is 32.1. The molecule has 0 fully saturated rings. The lowest BCUT2D eigenvalue weighted by Crippen LogP contribution is -2.10. The van der Waals surface area contributed by atoms with E-state index in [4.69, 9.17) is 5.73 Å². The van der Waals surface area contributed by atoms with Crippen LogP contribution in [0.5, 0.6) is 0 Å². The summed E-state index contributed by atoms with van der Waals surface area (Å²) in [5.74, 6) is 0. The standard InChI is InChI=1S/C13H17N3S/c1-9-12(8-16(2)3)17-13(15-9)10-4-6-11(14)7-5-10/h4-7H,8,14H2,1-3H3. The first-order valence-electron chi connectivity index (χ1n) is 5.53. The van der Waals surface area contributed by atoms with Gasteiger partial charge in [-0.2, -0.15) is 0 Å². The Morgan fingerprint density at radius 1 is 1.24 bits per heavy atom. The topological polar surface area (TPSA) is 42.1 Å². The lowest BCUT2D eigenvalue weighted by atomic mass is 10.2. The molecule has 0 amide bonds. The molecule has 0 aliphatic heterocycles. The van der Waals surface area contributed by atoms with Gasteiger partial charge in [-0.05, 0) is 45.3 Å². The van der Waals surface area contributed by atoms with Crippen LogP contribution in [0, 0.1) is 6.92 Å². The number of aryl methyl sites for hydroxylation is 1. The van der Waals surface area contributed by atoms with Crippen molar-refractivity contribution in [2.75, 3.05) is 19.8 Å². The van der Waals surface area contributed by atoms with Gasteiger partial charge in [0.25, 0.3) is 0 Å². The van der Waals surface area contributed by atoms with E-state index in [0.29, 0.717) is 0 Å². The lowest BCUT2D eigenvalue weighted by molar-refractivity contribution is 0.405. The summed E-state index contributed by atoms with van der Waals surface area (Å²) < 4.78 is 0. The molecule has 0 radical (unpaired) electrons. The molecule has 1 heterocycles. The van der Waals surface area contributed by atoms with Crippen LogP contribution in [0.3, 0.4) is 0 Å². The molecule has 3 nitrogen and oxygen atoms in total. The van der Waals surface area contributed by atoms with Crippen molar-refractivity contribution in [1.82, 2.24) is 9.88 Å². The van der Waals surface area contributed by atoms with Gasteiger partial charge in [-0.25, -0.2) is 4.98 Å². The normalized spacial score (nSPS) is 11.1. The fourth-order valence-electron chi connectivity index (χ4n) is 1.61.